The highest BCUT2D eigenvalue weighted by atomic mass is 16.4. The number of piperidine rings is 1. The first-order valence-corrected chi connectivity index (χ1v) is 7.33. The lowest BCUT2D eigenvalue weighted by molar-refractivity contribution is -0.151. The van der Waals surface area contributed by atoms with Crippen molar-refractivity contribution in [2.75, 3.05) is 13.1 Å². The summed E-state index contributed by atoms with van der Waals surface area (Å²) in [5, 5.41) is 9.36. The van der Waals surface area contributed by atoms with Gasteiger partial charge in [0.2, 0.25) is 0 Å². The molecule has 1 unspecified atom stereocenters. The maximum atomic E-state index is 12.6. The number of carbonyl (C=O) groups is 2. The van der Waals surface area contributed by atoms with Crippen LogP contribution in [0.4, 0.5) is 0 Å². The van der Waals surface area contributed by atoms with Crippen LogP contribution in [0, 0.1) is 25.2 Å². The third-order valence-corrected chi connectivity index (χ3v) is 4.55. The van der Waals surface area contributed by atoms with Gasteiger partial charge in [0.1, 0.15) is 11.5 Å². The van der Waals surface area contributed by atoms with Crippen LogP contribution >= 0.6 is 0 Å². The van der Waals surface area contributed by atoms with Crippen LogP contribution in [0.3, 0.4) is 0 Å². The predicted molar refractivity (Wildman–Crippen MR) is 78.2 cm³/mol. The Hall–Kier alpha value is -1.78. The third-order valence-electron chi connectivity index (χ3n) is 4.55. The summed E-state index contributed by atoms with van der Waals surface area (Å²) in [5.41, 5.74) is -0.235. The minimum absolute atomic E-state index is 0.0268. The number of hydrogen-bond donors (Lipinski definition) is 1. The van der Waals surface area contributed by atoms with E-state index in [9.17, 15) is 14.7 Å². The van der Waals surface area contributed by atoms with Crippen LogP contribution in [-0.4, -0.2) is 35.0 Å². The number of hydrogen-bond acceptors (Lipinski definition) is 3. The predicted octanol–water partition coefficient (Wildman–Crippen LogP) is 2.86. The van der Waals surface area contributed by atoms with Gasteiger partial charge < -0.3 is 14.4 Å². The second-order valence-corrected chi connectivity index (χ2v) is 6.44. The Morgan fingerprint density at radius 2 is 2.05 bits per heavy atom. The van der Waals surface area contributed by atoms with Crippen molar-refractivity contribution in [3.05, 3.63) is 23.2 Å². The van der Waals surface area contributed by atoms with Gasteiger partial charge in [0.15, 0.2) is 0 Å². The molecule has 1 N–H and O–H groups in total. The molecule has 0 aliphatic carbocycles. The smallest absolute Gasteiger partial charge is 0.309 e. The molecule has 5 heteroatoms. The van der Waals surface area contributed by atoms with Crippen molar-refractivity contribution in [3.8, 4) is 0 Å². The lowest BCUT2D eigenvalue weighted by atomic mass is 9.74. The number of carboxylic acid groups (broad SMARTS) is 1. The number of rotatable bonds is 3. The zero-order valence-electron chi connectivity index (χ0n) is 13.1. The number of aliphatic carboxylic acids is 1. The summed E-state index contributed by atoms with van der Waals surface area (Å²) >= 11 is 0. The van der Waals surface area contributed by atoms with Crippen molar-refractivity contribution in [2.24, 2.45) is 11.3 Å². The van der Waals surface area contributed by atoms with Crippen molar-refractivity contribution in [1.82, 2.24) is 4.90 Å². The van der Waals surface area contributed by atoms with Crippen molar-refractivity contribution in [2.45, 2.75) is 40.5 Å². The van der Waals surface area contributed by atoms with Gasteiger partial charge in [-0.15, -0.1) is 0 Å². The molecule has 0 saturated carbocycles. The third kappa shape index (κ3) is 2.96. The van der Waals surface area contributed by atoms with E-state index < -0.39 is 11.4 Å². The maximum Gasteiger partial charge on any atom is 0.309 e. The second-order valence-electron chi connectivity index (χ2n) is 6.44. The van der Waals surface area contributed by atoms with Gasteiger partial charge in [0.25, 0.3) is 5.91 Å². The molecule has 1 aliphatic rings. The van der Waals surface area contributed by atoms with Gasteiger partial charge in [0, 0.05) is 13.1 Å². The number of furan rings is 1. The summed E-state index contributed by atoms with van der Waals surface area (Å²) in [6.07, 6.45) is 1.68. The molecular weight excluding hydrogens is 270 g/mol. The Morgan fingerprint density at radius 1 is 1.38 bits per heavy atom. The molecule has 1 saturated heterocycles. The van der Waals surface area contributed by atoms with Crippen molar-refractivity contribution in [1.29, 1.82) is 0 Å². The van der Waals surface area contributed by atoms with E-state index in [2.05, 4.69) is 0 Å². The molecule has 2 rings (SSSR count). The van der Waals surface area contributed by atoms with Crippen LogP contribution in [0.5, 0.6) is 0 Å². The SMILES string of the molecule is Cc1cc(C(=O)N2CCCC(C(C)(C)C(=O)O)C2)c(C)o1. The van der Waals surface area contributed by atoms with Gasteiger partial charge in [-0.1, -0.05) is 0 Å². The van der Waals surface area contributed by atoms with Gasteiger partial charge in [-0.05, 0) is 52.5 Å². The fourth-order valence-corrected chi connectivity index (χ4v) is 2.94. The molecule has 2 heterocycles. The Balaban J connectivity index is 2.16. The van der Waals surface area contributed by atoms with Gasteiger partial charge in [0.05, 0.1) is 11.0 Å². The number of aryl methyl sites for hydroxylation is 2. The van der Waals surface area contributed by atoms with Gasteiger partial charge in [-0.3, -0.25) is 9.59 Å². The van der Waals surface area contributed by atoms with Crippen molar-refractivity contribution in [3.63, 3.8) is 0 Å². The van der Waals surface area contributed by atoms with Gasteiger partial charge in [-0.2, -0.15) is 0 Å². The van der Waals surface area contributed by atoms with Crippen molar-refractivity contribution >= 4 is 11.9 Å². The zero-order valence-corrected chi connectivity index (χ0v) is 13.1. The molecule has 1 aromatic heterocycles. The average Bonchev–Trinajstić information content (AvgIpc) is 2.76. The summed E-state index contributed by atoms with van der Waals surface area (Å²) in [6.45, 7) is 8.23. The lowest BCUT2D eigenvalue weighted by Crippen LogP contribution is -2.46. The molecule has 1 aliphatic heterocycles. The van der Waals surface area contributed by atoms with Crippen LogP contribution in [0.15, 0.2) is 10.5 Å². The van der Waals surface area contributed by atoms with Crippen LogP contribution < -0.4 is 0 Å². The Labute approximate surface area is 124 Å². The van der Waals surface area contributed by atoms with E-state index in [4.69, 9.17) is 4.42 Å². The van der Waals surface area contributed by atoms with E-state index in [0.717, 1.165) is 18.6 Å². The van der Waals surface area contributed by atoms with E-state index in [1.807, 2.05) is 6.92 Å². The minimum atomic E-state index is -0.819. The quantitative estimate of drug-likeness (QED) is 0.930. The van der Waals surface area contributed by atoms with Crippen LogP contribution in [0.25, 0.3) is 0 Å². The molecule has 0 radical (unpaired) electrons. The summed E-state index contributed by atoms with van der Waals surface area (Å²) in [4.78, 5) is 25.8. The first kappa shape index (κ1) is 15.6. The fraction of sp³-hybridized carbons (Fsp3) is 0.625. The molecule has 21 heavy (non-hydrogen) atoms. The van der Waals surface area contributed by atoms with E-state index in [1.54, 1.807) is 31.7 Å². The topological polar surface area (TPSA) is 70.8 Å². The van der Waals surface area contributed by atoms with Crippen LogP contribution in [-0.2, 0) is 4.79 Å². The zero-order chi connectivity index (χ0) is 15.8. The molecule has 0 spiro atoms. The second kappa shape index (κ2) is 5.54. The highest BCUT2D eigenvalue weighted by Gasteiger charge is 2.40. The highest BCUT2D eigenvalue weighted by molar-refractivity contribution is 5.95. The Bertz CT molecular complexity index is 559. The molecule has 0 aromatic carbocycles. The summed E-state index contributed by atoms with van der Waals surface area (Å²) in [6, 6.07) is 1.75. The Morgan fingerprint density at radius 3 is 2.57 bits per heavy atom. The number of likely N-dealkylation sites (tertiary alicyclic amines) is 1. The maximum absolute atomic E-state index is 12.6. The highest BCUT2D eigenvalue weighted by Crippen LogP contribution is 2.34. The van der Waals surface area contributed by atoms with Gasteiger partial charge >= 0.3 is 5.97 Å². The monoisotopic (exact) mass is 293 g/mol. The number of carboxylic acids is 1. The molecule has 1 amide bonds. The largest absolute Gasteiger partial charge is 0.481 e. The van der Waals surface area contributed by atoms with E-state index in [0.29, 0.717) is 24.4 Å². The van der Waals surface area contributed by atoms with Crippen LogP contribution in [0.2, 0.25) is 0 Å². The number of nitrogens with zero attached hydrogens (tertiary/aromatic N) is 1. The van der Waals surface area contributed by atoms with Crippen LogP contribution in [0.1, 0.15) is 48.6 Å². The molecule has 5 nitrogen and oxygen atoms in total. The summed E-state index contributed by atoms with van der Waals surface area (Å²) < 4.78 is 5.42. The first-order valence-electron chi connectivity index (χ1n) is 7.33. The van der Waals surface area contributed by atoms with Gasteiger partial charge in [-0.25, -0.2) is 0 Å². The Kier molecular flexibility index (Phi) is 4.12. The summed E-state index contributed by atoms with van der Waals surface area (Å²) in [7, 11) is 0. The van der Waals surface area contributed by atoms with Crippen molar-refractivity contribution < 1.29 is 19.1 Å². The standard InChI is InChI=1S/C16H23NO4/c1-10-8-13(11(2)21-10)14(18)17-7-5-6-12(9-17)16(3,4)15(19)20/h8,12H,5-7,9H2,1-4H3,(H,19,20). The molecule has 1 fully saturated rings. The van der Waals surface area contributed by atoms with E-state index in [1.165, 1.54) is 0 Å². The molecule has 0 bridgehead atoms. The summed E-state index contributed by atoms with van der Waals surface area (Å²) in [5.74, 6) is 0.445. The average molecular weight is 293 g/mol. The number of carbonyl (C=O) groups excluding carboxylic acids is 1. The van der Waals surface area contributed by atoms with E-state index in [-0.39, 0.29) is 11.8 Å². The minimum Gasteiger partial charge on any atom is -0.481 e. The molecular formula is C16H23NO4. The molecule has 116 valence electrons. The molecule has 1 aromatic rings. The lowest BCUT2D eigenvalue weighted by Gasteiger charge is -2.39. The number of amides is 1. The van der Waals surface area contributed by atoms with E-state index >= 15 is 0 Å². The first-order chi connectivity index (χ1) is 9.73. The normalized spacial score (nSPS) is 19.6. The molecule has 1 atom stereocenters. The fourth-order valence-electron chi connectivity index (χ4n) is 2.94.